The van der Waals surface area contributed by atoms with Crippen LogP contribution in [0.1, 0.15) is 12.0 Å². The highest BCUT2D eigenvalue weighted by molar-refractivity contribution is 8.15. The molecule has 3 aromatic rings. The first kappa shape index (κ1) is 25.9. The Labute approximate surface area is 220 Å². The fourth-order valence-corrected chi connectivity index (χ4v) is 4.74. The number of halogens is 4. The highest BCUT2D eigenvalue weighted by atomic mass is 35.5. The third-order valence-electron chi connectivity index (χ3n) is 5.04. The van der Waals surface area contributed by atoms with Gasteiger partial charge in [-0.15, -0.1) is 8.78 Å². The number of amidine groups is 1. The molecule has 0 spiro atoms. The van der Waals surface area contributed by atoms with Crippen LogP contribution in [0, 0.1) is 0 Å². The van der Waals surface area contributed by atoms with Crippen LogP contribution >= 0.6 is 35.0 Å². The van der Waals surface area contributed by atoms with E-state index in [1.165, 1.54) is 29.2 Å². The largest absolute Gasteiger partial charge is 0.487 e. The van der Waals surface area contributed by atoms with Crippen molar-refractivity contribution in [2.45, 2.75) is 23.8 Å². The normalized spacial score (nSPS) is 17.2. The molecule has 2 amide bonds. The molecule has 186 valence electrons. The van der Waals surface area contributed by atoms with Gasteiger partial charge in [-0.25, -0.2) is 4.99 Å². The molecule has 1 N–H and O–H groups in total. The average molecular weight is 550 g/mol. The van der Waals surface area contributed by atoms with E-state index in [9.17, 15) is 18.4 Å². The molecule has 4 rings (SSSR count). The number of alkyl halides is 3. The SMILES string of the molecule is O=C(Nc1ccccc1Cl)[C@@H]1CC(=O)N(Cc2ccccc2)C(=Nc2ccc(OC(F)(F)Cl)cc2)S1. The molecule has 1 heterocycles. The first-order valence-electron chi connectivity index (χ1n) is 10.7. The molecule has 3 aromatic carbocycles. The summed E-state index contributed by atoms with van der Waals surface area (Å²) in [5.41, 5.74) is -2.14. The number of nitrogens with zero attached hydrogens (tertiary/aromatic N) is 2. The number of carbonyl (C=O) groups excluding carboxylic acids is 2. The molecular formula is C25H19Cl2F2N3O3S. The van der Waals surface area contributed by atoms with Crippen molar-refractivity contribution in [3.8, 4) is 5.75 Å². The Bertz CT molecular complexity index is 1270. The van der Waals surface area contributed by atoms with Crippen LogP contribution in [0.3, 0.4) is 0 Å². The summed E-state index contributed by atoms with van der Waals surface area (Å²) < 4.78 is 30.1. The van der Waals surface area contributed by atoms with Gasteiger partial charge < -0.3 is 10.1 Å². The lowest BCUT2D eigenvalue weighted by Gasteiger charge is -2.32. The number of aliphatic imine (C=N–C) groups is 1. The Kier molecular flexibility index (Phi) is 8.13. The highest BCUT2D eigenvalue weighted by Crippen LogP contribution is 2.33. The van der Waals surface area contributed by atoms with Crippen LogP contribution in [0.4, 0.5) is 20.2 Å². The number of hydrogen-bond donors (Lipinski definition) is 1. The molecule has 0 aromatic heterocycles. The van der Waals surface area contributed by atoms with Crippen molar-refractivity contribution in [1.29, 1.82) is 0 Å². The third kappa shape index (κ3) is 6.96. The lowest BCUT2D eigenvalue weighted by atomic mass is 10.2. The molecule has 0 radical (unpaired) electrons. The quantitative estimate of drug-likeness (QED) is 0.334. The Morgan fingerprint density at radius 3 is 2.42 bits per heavy atom. The van der Waals surface area contributed by atoms with E-state index in [1.807, 2.05) is 30.3 Å². The van der Waals surface area contributed by atoms with E-state index in [0.29, 0.717) is 21.6 Å². The van der Waals surface area contributed by atoms with Gasteiger partial charge in [0.15, 0.2) is 5.17 Å². The van der Waals surface area contributed by atoms with Crippen molar-refractivity contribution in [2.75, 3.05) is 5.32 Å². The first-order valence-corrected chi connectivity index (χ1v) is 12.3. The molecular weight excluding hydrogens is 531 g/mol. The molecule has 0 unspecified atom stereocenters. The lowest BCUT2D eigenvalue weighted by molar-refractivity contribution is -0.129. The van der Waals surface area contributed by atoms with Gasteiger partial charge in [0.2, 0.25) is 11.8 Å². The molecule has 11 heteroatoms. The standard InChI is InChI=1S/C25H19Cl2F2N3O3S/c26-19-8-4-5-9-20(19)31-23(34)21-14-22(33)32(15-16-6-2-1-3-7-16)24(36-21)30-17-10-12-18(13-11-17)35-25(27,28)29/h1-13,21H,14-15H2,(H,31,34)/t21-/m0/s1. The smallest absolute Gasteiger partial charge is 0.420 e. The molecule has 1 aliphatic rings. The predicted molar refractivity (Wildman–Crippen MR) is 138 cm³/mol. The van der Waals surface area contributed by atoms with Gasteiger partial charge in [-0.1, -0.05) is 65.8 Å². The van der Waals surface area contributed by atoms with Gasteiger partial charge in [-0.2, -0.15) is 0 Å². The molecule has 1 fully saturated rings. The molecule has 0 saturated carbocycles. The number of nitrogens with one attached hydrogen (secondary N) is 1. The first-order chi connectivity index (χ1) is 17.2. The second-order valence-electron chi connectivity index (χ2n) is 7.68. The number of benzene rings is 3. The number of para-hydroxylation sites is 1. The van der Waals surface area contributed by atoms with Gasteiger partial charge in [0.05, 0.1) is 22.9 Å². The maximum Gasteiger partial charge on any atom is 0.487 e. The van der Waals surface area contributed by atoms with E-state index < -0.39 is 10.8 Å². The maximum atomic E-state index is 13.2. The van der Waals surface area contributed by atoms with Gasteiger partial charge in [0.1, 0.15) is 11.0 Å². The van der Waals surface area contributed by atoms with Crippen molar-refractivity contribution in [2.24, 2.45) is 4.99 Å². The summed E-state index contributed by atoms with van der Waals surface area (Å²) in [6, 6.07) is 21.6. The van der Waals surface area contributed by atoms with Crippen LogP contribution in [-0.2, 0) is 16.1 Å². The fraction of sp³-hybridized carbons (Fsp3) is 0.160. The number of anilines is 1. The predicted octanol–water partition coefficient (Wildman–Crippen LogP) is 6.67. The van der Waals surface area contributed by atoms with Crippen molar-refractivity contribution in [1.82, 2.24) is 4.90 Å². The Hall–Kier alpha value is -3.14. The summed E-state index contributed by atoms with van der Waals surface area (Å²) in [5.74, 6) is -0.816. The number of hydrogen-bond acceptors (Lipinski definition) is 5. The molecule has 1 aliphatic heterocycles. The van der Waals surface area contributed by atoms with Crippen molar-refractivity contribution < 1.29 is 23.1 Å². The van der Waals surface area contributed by atoms with E-state index in [-0.39, 0.29) is 30.5 Å². The molecule has 1 saturated heterocycles. The number of ether oxygens (including phenoxy) is 1. The molecule has 0 bridgehead atoms. The zero-order valence-electron chi connectivity index (χ0n) is 18.5. The van der Waals surface area contributed by atoms with Crippen LogP contribution < -0.4 is 10.1 Å². The summed E-state index contributed by atoms with van der Waals surface area (Å²) in [6.07, 6.45) is -0.0373. The maximum absolute atomic E-state index is 13.2. The van der Waals surface area contributed by atoms with Crippen LogP contribution in [0.25, 0.3) is 0 Å². The molecule has 0 aliphatic carbocycles. The molecule has 6 nitrogen and oxygen atoms in total. The van der Waals surface area contributed by atoms with Gasteiger partial charge in [0, 0.05) is 18.0 Å². The third-order valence-corrected chi connectivity index (χ3v) is 6.64. The van der Waals surface area contributed by atoms with E-state index in [0.717, 1.165) is 17.3 Å². The summed E-state index contributed by atoms with van der Waals surface area (Å²) in [6.45, 7) is 0.254. The van der Waals surface area contributed by atoms with Gasteiger partial charge in [-0.05, 0) is 42.0 Å². The van der Waals surface area contributed by atoms with E-state index >= 15 is 0 Å². The molecule has 36 heavy (non-hydrogen) atoms. The lowest BCUT2D eigenvalue weighted by Crippen LogP contribution is -2.44. The van der Waals surface area contributed by atoms with Crippen molar-refractivity contribution in [3.05, 3.63) is 89.4 Å². The number of carbonyl (C=O) groups is 2. The van der Waals surface area contributed by atoms with E-state index in [1.54, 1.807) is 24.3 Å². The van der Waals surface area contributed by atoms with Gasteiger partial charge >= 0.3 is 5.57 Å². The Balaban J connectivity index is 1.59. The van der Waals surface area contributed by atoms with Crippen LogP contribution in [0.2, 0.25) is 5.02 Å². The number of rotatable bonds is 7. The zero-order chi connectivity index (χ0) is 25.7. The number of thioether (sulfide) groups is 1. The minimum atomic E-state index is -3.84. The highest BCUT2D eigenvalue weighted by Gasteiger charge is 2.36. The summed E-state index contributed by atoms with van der Waals surface area (Å²) >= 11 is 12.1. The van der Waals surface area contributed by atoms with Crippen LogP contribution in [0.15, 0.2) is 83.9 Å². The minimum absolute atomic E-state index is 0.0373. The topological polar surface area (TPSA) is 71.0 Å². The summed E-state index contributed by atoms with van der Waals surface area (Å²) in [7, 11) is 0. The van der Waals surface area contributed by atoms with Crippen molar-refractivity contribution >= 4 is 63.3 Å². The van der Waals surface area contributed by atoms with Crippen LogP contribution in [-0.4, -0.2) is 32.7 Å². The Morgan fingerprint density at radius 2 is 1.75 bits per heavy atom. The van der Waals surface area contributed by atoms with E-state index in [4.69, 9.17) is 23.2 Å². The summed E-state index contributed by atoms with van der Waals surface area (Å²) in [4.78, 5) is 32.2. The number of amides is 2. The fourth-order valence-electron chi connectivity index (χ4n) is 3.37. The second kappa shape index (κ2) is 11.3. The minimum Gasteiger partial charge on any atom is -0.420 e. The van der Waals surface area contributed by atoms with E-state index in [2.05, 4.69) is 15.0 Å². The van der Waals surface area contributed by atoms with Gasteiger partial charge in [0.25, 0.3) is 0 Å². The van der Waals surface area contributed by atoms with Gasteiger partial charge in [-0.3, -0.25) is 14.5 Å². The Morgan fingerprint density at radius 1 is 1.08 bits per heavy atom. The zero-order valence-corrected chi connectivity index (χ0v) is 20.9. The van der Waals surface area contributed by atoms with Crippen molar-refractivity contribution in [3.63, 3.8) is 0 Å². The molecule has 1 atom stereocenters. The monoisotopic (exact) mass is 549 g/mol. The summed E-state index contributed by atoms with van der Waals surface area (Å²) in [5, 5.41) is 2.68. The van der Waals surface area contributed by atoms with Crippen LogP contribution in [0.5, 0.6) is 5.75 Å². The second-order valence-corrected chi connectivity index (χ2v) is 9.70. The average Bonchev–Trinajstić information content (AvgIpc) is 2.83.